The van der Waals surface area contributed by atoms with Gasteiger partial charge in [-0.15, -0.1) is 0 Å². The molecule has 0 bridgehead atoms. The zero-order valence-corrected chi connectivity index (χ0v) is 11.5. The second kappa shape index (κ2) is 5.58. The first-order chi connectivity index (χ1) is 10.0. The van der Waals surface area contributed by atoms with Crippen LogP contribution in [0.15, 0.2) is 46.6 Å². The van der Waals surface area contributed by atoms with Crippen molar-refractivity contribution in [2.24, 2.45) is 4.99 Å². The molecule has 0 fully saturated rings. The molecule has 0 heterocycles. The molecule has 0 saturated carbocycles. The van der Waals surface area contributed by atoms with Gasteiger partial charge in [0.2, 0.25) is 0 Å². The molecule has 2 rings (SSSR count). The molecule has 0 unspecified atom stereocenters. The number of nitrogens with one attached hydrogen (secondary N) is 1. The second-order valence-electron chi connectivity index (χ2n) is 4.25. The van der Waals surface area contributed by atoms with Crippen molar-refractivity contribution in [3.8, 4) is 0 Å². The fourth-order valence-corrected chi connectivity index (χ4v) is 2.12. The fraction of sp³-hybridized carbons (Fsp3) is 0.143. The van der Waals surface area contributed by atoms with E-state index >= 15 is 0 Å². The monoisotopic (exact) mass is 287 g/mol. The van der Waals surface area contributed by atoms with Gasteiger partial charge < -0.3 is 10.4 Å². The summed E-state index contributed by atoms with van der Waals surface area (Å²) in [6, 6.07) is 6.49. The van der Waals surface area contributed by atoms with Crippen LogP contribution in [0.4, 0.5) is 0 Å². The van der Waals surface area contributed by atoms with Crippen LogP contribution in [0.5, 0.6) is 0 Å². The smallest absolute Gasteiger partial charge is 0.311 e. The van der Waals surface area contributed by atoms with E-state index in [0.717, 1.165) is 6.08 Å². The Labute approximate surface area is 120 Å². The van der Waals surface area contributed by atoms with Gasteiger partial charge in [0.25, 0.3) is 0 Å². The first-order valence-corrected chi connectivity index (χ1v) is 6.09. The fourth-order valence-electron chi connectivity index (χ4n) is 2.12. The Hall–Kier alpha value is -2.96. The number of Topliss-reactive ketones (excluding diaryl/α,β-unsaturated/α-hetero) is 1. The van der Waals surface area contributed by atoms with E-state index in [1.165, 1.54) is 14.1 Å². The van der Waals surface area contributed by atoms with Crippen molar-refractivity contribution in [1.82, 2.24) is 5.32 Å². The molecule has 0 aliphatic heterocycles. The molecular formula is C14H13N3O4. The van der Waals surface area contributed by atoms with Gasteiger partial charge in [0.15, 0.2) is 11.6 Å². The summed E-state index contributed by atoms with van der Waals surface area (Å²) in [4.78, 5) is 26.4. The maximum Gasteiger partial charge on any atom is 0.311 e. The molecule has 1 aromatic rings. The lowest BCUT2D eigenvalue weighted by atomic mass is 10.1. The summed E-state index contributed by atoms with van der Waals surface area (Å²) in [6.07, 6.45) is 1.04. The number of aliphatic hydroxyl groups excluding tert-OH is 1. The molecule has 0 atom stereocenters. The highest BCUT2D eigenvalue weighted by Crippen LogP contribution is 2.32. The Morgan fingerprint density at radius 2 is 2.00 bits per heavy atom. The van der Waals surface area contributed by atoms with Crippen LogP contribution in [0.25, 0.3) is 5.76 Å². The number of nitro groups is 1. The van der Waals surface area contributed by atoms with E-state index in [0.29, 0.717) is 11.1 Å². The van der Waals surface area contributed by atoms with Crippen LogP contribution in [0.3, 0.4) is 0 Å². The summed E-state index contributed by atoms with van der Waals surface area (Å²) in [7, 11) is 2.88. The molecule has 1 aliphatic carbocycles. The average molecular weight is 287 g/mol. The molecule has 0 amide bonds. The van der Waals surface area contributed by atoms with Crippen LogP contribution >= 0.6 is 0 Å². The highest BCUT2D eigenvalue weighted by Gasteiger charge is 2.31. The zero-order valence-electron chi connectivity index (χ0n) is 11.5. The van der Waals surface area contributed by atoms with Gasteiger partial charge >= 0.3 is 5.70 Å². The molecule has 1 aliphatic rings. The molecule has 2 N–H and O–H groups in total. The summed E-state index contributed by atoms with van der Waals surface area (Å²) < 4.78 is 0. The molecule has 0 aromatic heterocycles. The summed E-state index contributed by atoms with van der Waals surface area (Å²) >= 11 is 0. The van der Waals surface area contributed by atoms with E-state index in [9.17, 15) is 20.0 Å². The minimum Gasteiger partial charge on any atom is -0.507 e. The Bertz CT molecular complexity index is 717. The average Bonchev–Trinajstić information content (AvgIpc) is 2.72. The predicted octanol–water partition coefficient (Wildman–Crippen LogP) is 1.56. The summed E-state index contributed by atoms with van der Waals surface area (Å²) in [5.74, 6) is -0.695. The number of ketones is 1. The van der Waals surface area contributed by atoms with E-state index < -0.39 is 10.7 Å². The SMILES string of the molecule is CN=C(NC)C(=CC1=C(O)c2ccccc2C1=O)[N+](=O)[O-]. The first kappa shape index (κ1) is 14.4. The van der Waals surface area contributed by atoms with Crippen molar-refractivity contribution in [2.45, 2.75) is 0 Å². The highest BCUT2D eigenvalue weighted by atomic mass is 16.6. The third-order valence-corrected chi connectivity index (χ3v) is 3.11. The van der Waals surface area contributed by atoms with Gasteiger partial charge in [-0.05, 0) is 0 Å². The van der Waals surface area contributed by atoms with Crippen molar-refractivity contribution in [1.29, 1.82) is 0 Å². The lowest BCUT2D eigenvalue weighted by Crippen LogP contribution is -2.25. The lowest BCUT2D eigenvalue weighted by molar-refractivity contribution is -0.415. The van der Waals surface area contributed by atoms with Gasteiger partial charge in [0, 0.05) is 31.3 Å². The van der Waals surface area contributed by atoms with Crippen LogP contribution < -0.4 is 5.32 Å². The van der Waals surface area contributed by atoms with Crippen molar-refractivity contribution < 1.29 is 14.8 Å². The lowest BCUT2D eigenvalue weighted by Gasteiger charge is -2.02. The topological polar surface area (TPSA) is 105 Å². The number of carbonyl (C=O) groups is 1. The first-order valence-electron chi connectivity index (χ1n) is 6.09. The van der Waals surface area contributed by atoms with E-state index in [-0.39, 0.29) is 22.9 Å². The highest BCUT2D eigenvalue weighted by molar-refractivity contribution is 6.21. The van der Waals surface area contributed by atoms with Gasteiger partial charge in [-0.1, -0.05) is 24.3 Å². The maximum absolute atomic E-state index is 12.2. The number of aliphatic hydroxyl groups is 1. The summed E-state index contributed by atoms with van der Waals surface area (Å²) in [5.41, 5.74) is 0.196. The Kier molecular flexibility index (Phi) is 3.84. The summed E-state index contributed by atoms with van der Waals surface area (Å²) in [5, 5.41) is 23.8. The molecule has 0 radical (unpaired) electrons. The Morgan fingerprint density at radius 3 is 2.48 bits per heavy atom. The molecule has 21 heavy (non-hydrogen) atoms. The molecule has 1 aromatic carbocycles. The predicted molar refractivity (Wildman–Crippen MR) is 77.8 cm³/mol. The number of allylic oxidation sites excluding steroid dienone is 2. The Morgan fingerprint density at radius 1 is 1.38 bits per heavy atom. The van der Waals surface area contributed by atoms with Crippen LogP contribution in [0.2, 0.25) is 0 Å². The van der Waals surface area contributed by atoms with Crippen LogP contribution in [-0.4, -0.2) is 35.7 Å². The van der Waals surface area contributed by atoms with Gasteiger partial charge in [0.1, 0.15) is 5.76 Å². The molecule has 108 valence electrons. The van der Waals surface area contributed by atoms with Gasteiger partial charge in [-0.3, -0.25) is 19.9 Å². The molecule has 0 spiro atoms. The van der Waals surface area contributed by atoms with Gasteiger partial charge in [-0.2, -0.15) is 0 Å². The number of rotatable bonds is 3. The molecule has 7 heteroatoms. The third-order valence-electron chi connectivity index (χ3n) is 3.11. The number of amidine groups is 1. The van der Waals surface area contributed by atoms with Crippen molar-refractivity contribution >= 4 is 17.4 Å². The number of likely N-dealkylation sites (N-methyl/N-ethyl adjacent to an activating group) is 1. The van der Waals surface area contributed by atoms with Crippen molar-refractivity contribution in [3.05, 3.63) is 62.9 Å². The van der Waals surface area contributed by atoms with Gasteiger partial charge in [-0.25, -0.2) is 0 Å². The number of benzene rings is 1. The van der Waals surface area contributed by atoms with Crippen molar-refractivity contribution in [2.75, 3.05) is 14.1 Å². The number of hydrogen-bond acceptors (Lipinski definition) is 5. The van der Waals surface area contributed by atoms with Crippen LogP contribution in [-0.2, 0) is 0 Å². The van der Waals surface area contributed by atoms with Crippen LogP contribution in [0.1, 0.15) is 15.9 Å². The minimum absolute atomic E-state index is 0.0176. The van der Waals surface area contributed by atoms with E-state index in [4.69, 9.17) is 0 Å². The molecule has 0 saturated heterocycles. The zero-order chi connectivity index (χ0) is 15.6. The molecular weight excluding hydrogens is 274 g/mol. The number of nitrogens with zero attached hydrogens (tertiary/aromatic N) is 2. The van der Waals surface area contributed by atoms with E-state index in [1.807, 2.05) is 0 Å². The second-order valence-corrected chi connectivity index (χ2v) is 4.25. The maximum atomic E-state index is 12.2. The number of fused-ring (bicyclic) bond motifs is 1. The quantitative estimate of drug-likeness (QED) is 0.380. The third kappa shape index (κ3) is 2.40. The van der Waals surface area contributed by atoms with Gasteiger partial charge in [0.05, 0.1) is 10.5 Å². The number of aliphatic imine (C=N–C) groups is 1. The molecule has 7 nitrogen and oxygen atoms in total. The Balaban J connectivity index is 2.57. The van der Waals surface area contributed by atoms with Crippen LogP contribution in [0, 0.1) is 10.1 Å². The minimum atomic E-state index is -0.657. The summed E-state index contributed by atoms with van der Waals surface area (Å²) in [6.45, 7) is 0. The van der Waals surface area contributed by atoms with Crippen molar-refractivity contribution in [3.63, 3.8) is 0 Å². The van der Waals surface area contributed by atoms with E-state index in [1.54, 1.807) is 24.3 Å². The number of carbonyl (C=O) groups excluding carboxylic acids is 1. The largest absolute Gasteiger partial charge is 0.507 e. The number of hydrogen-bond donors (Lipinski definition) is 2. The van der Waals surface area contributed by atoms with E-state index in [2.05, 4.69) is 10.3 Å². The standard InChI is InChI=1S/C14H13N3O4/c1-15-14(16-2)11(17(20)21)7-10-12(18)8-5-3-4-6-9(8)13(10)19/h3-7,18H,1-2H3,(H,15,16). The normalized spacial score (nSPS) is 15.2.